The molecule has 0 fully saturated rings. The summed E-state index contributed by atoms with van der Waals surface area (Å²) in [4.78, 5) is 19.8. The van der Waals surface area contributed by atoms with E-state index < -0.39 is 5.97 Å². The largest absolute Gasteiger partial charge is 0.480 e. The van der Waals surface area contributed by atoms with Gasteiger partial charge in [0.15, 0.2) is 0 Å². The number of primary amides is 1. The molecule has 0 spiro atoms. The molecule has 146 valence electrons. The minimum atomic E-state index is -0.968. The summed E-state index contributed by atoms with van der Waals surface area (Å²) in [6.45, 7) is 1.96. The highest BCUT2D eigenvalue weighted by Gasteiger charge is 1.94. The van der Waals surface area contributed by atoms with E-state index in [4.69, 9.17) is 10.8 Å². The standard InChI is InChI=1S/C18H33NO.C2H5NO2/c1-2-3-4-5-6-7-8-9-10-11-12-13-14-15-16-17-18(19)20;3-1-2(4)5/h6-7,9-10H,2-5,8,11-17H2,1H3,(H2,19,20);1,3H2,(H,4,5)/b7-6-,10-9-;. The van der Waals surface area contributed by atoms with Gasteiger partial charge in [0, 0.05) is 6.42 Å². The zero-order valence-electron chi connectivity index (χ0n) is 15.9. The third kappa shape index (κ3) is 30.8. The van der Waals surface area contributed by atoms with E-state index in [-0.39, 0.29) is 12.5 Å². The van der Waals surface area contributed by atoms with Gasteiger partial charge in [-0.15, -0.1) is 0 Å². The Kier molecular flexibility index (Phi) is 22.9. The second-order valence-corrected chi connectivity index (χ2v) is 6.04. The SMILES string of the molecule is CCCCC/C=C\C/C=C\CCCCCCCC(N)=O.NCC(=O)O. The molecule has 0 bridgehead atoms. The summed E-state index contributed by atoms with van der Waals surface area (Å²) in [6, 6.07) is 0. The number of carboxylic acid groups (broad SMARTS) is 1. The Morgan fingerprint density at radius 2 is 1.32 bits per heavy atom. The van der Waals surface area contributed by atoms with Gasteiger partial charge in [-0.25, -0.2) is 0 Å². The van der Waals surface area contributed by atoms with E-state index in [1.54, 1.807) is 0 Å². The maximum Gasteiger partial charge on any atom is 0.317 e. The van der Waals surface area contributed by atoms with Crippen LogP contribution in [0.2, 0.25) is 0 Å². The molecular weight excluding hydrogens is 316 g/mol. The number of carbonyl (C=O) groups excluding carboxylic acids is 1. The Balaban J connectivity index is 0. The Morgan fingerprint density at radius 3 is 1.80 bits per heavy atom. The fourth-order valence-corrected chi connectivity index (χ4v) is 2.11. The van der Waals surface area contributed by atoms with Gasteiger partial charge in [-0.05, 0) is 38.5 Å². The summed E-state index contributed by atoms with van der Waals surface area (Å²) in [5, 5.41) is 7.60. The molecule has 0 aliphatic rings. The van der Waals surface area contributed by atoms with Crippen molar-refractivity contribution in [1.29, 1.82) is 0 Å². The minimum absolute atomic E-state index is 0.171. The zero-order chi connectivity index (χ0) is 19.2. The Morgan fingerprint density at radius 1 is 0.840 bits per heavy atom. The molecule has 0 atom stereocenters. The van der Waals surface area contributed by atoms with Gasteiger partial charge in [0.25, 0.3) is 0 Å². The molecule has 0 unspecified atom stereocenters. The smallest absolute Gasteiger partial charge is 0.317 e. The van der Waals surface area contributed by atoms with E-state index in [1.807, 2.05) is 0 Å². The molecule has 0 aromatic carbocycles. The van der Waals surface area contributed by atoms with Crippen LogP contribution in [0.4, 0.5) is 0 Å². The highest BCUT2D eigenvalue weighted by Crippen LogP contribution is 2.07. The van der Waals surface area contributed by atoms with E-state index >= 15 is 0 Å². The van der Waals surface area contributed by atoms with Crippen molar-refractivity contribution in [2.45, 2.75) is 84.0 Å². The van der Waals surface area contributed by atoms with E-state index in [0.717, 1.165) is 19.3 Å². The van der Waals surface area contributed by atoms with Crippen LogP contribution < -0.4 is 11.5 Å². The van der Waals surface area contributed by atoms with Crippen molar-refractivity contribution in [3.8, 4) is 0 Å². The lowest BCUT2D eigenvalue weighted by molar-refractivity contribution is -0.135. The fraction of sp³-hybridized carbons (Fsp3) is 0.700. The normalized spacial score (nSPS) is 10.8. The van der Waals surface area contributed by atoms with Crippen molar-refractivity contribution in [1.82, 2.24) is 0 Å². The average Bonchev–Trinajstić information content (AvgIpc) is 2.58. The van der Waals surface area contributed by atoms with Gasteiger partial charge in [-0.3, -0.25) is 9.59 Å². The number of hydrogen-bond acceptors (Lipinski definition) is 3. The number of aliphatic carboxylic acids is 1. The number of carboxylic acids is 1. The molecule has 0 saturated carbocycles. The third-order valence-corrected chi connectivity index (χ3v) is 3.55. The van der Waals surface area contributed by atoms with Crippen molar-refractivity contribution >= 4 is 11.9 Å². The lowest BCUT2D eigenvalue weighted by atomic mass is 10.1. The van der Waals surface area contributed by atoms with Crippen LogP contribution in [0.15, 0.2) is 24.3 Å². The highest BCUT2D eigenvalue weighted by molar-refractivity contribution is 5.73. The van der Waals surface area contributed by atoms with Crippen LogP contribution in [0.5, 0.6) is 0 Å². The predicted octanol–water partition coefficient (Wildman–Crippen LogP) is 4.31. The summed E-state index contributed by atoms with van der Waals surface area (Å²) in [5.74, 6) is -1.14. The van der Waals surface area contributed by atoms with Crippen LogP contribution in [0, 0.1) is 0 Å². The van der Waals surface area contributed by atoms with Crippen molar-refractivity contribution in [3.05, 3.63) is 24.3 Å². The monoisotopic (exact) mass is 354 g/mol. The highest BCUT2D eigenvalue weighted by atomic mass is 16.4. The van der Waals surface area contributed by atoms with E-state index in [9.17, 15) is 9.59 Å². The average molecular weight is 355 g/mol. The first-order chi connectivity index (χ1) is 12.0. The Bertz CT molecular complexity index is 366. The number of rotatable bonds is 15. The Labute approximate surface area is 153 Å². The number of nitrogens with two attached hydrogens (primary N) is 2. The molecule has 0 aliphatic heterocycles. The quantitative estimate of drug-likeness (QED) is 0.301. The van der Waals surface area contributed by atoms with Gasteiger partial charge in [0.1, 0.15) is 0 Å². The number of allylic oxidation sites excluding steroid dienone is 4. The van der Waals surface area contributed by atoms with Gasteiger partial charge in [0.2, 0.25) is 5.91 Å². The third-order valence-electron chi connectivity index (χ3n) is 3.55. The van der Waals surface area contributed by atoms with Crippen molar-refractivity contribution < 1.29 is 14.7 Å². The summed E-state index contributed by atoms with van der Waals surface area (Å²) in [5.41, 5.74) is 9.66. The Hall–Kier alpha value is -1.62. The number of hydrogen-bond donors (Lipinski definition) is 3. The number of unbranched alkanes of at least 4 members (excludes halogenated alkanes) is 8. The topological polar surface area (TPSA) is 106 Å². The first kappa shape index (κ1) is 25.6. The van der Waals surface area contributed by atoms with Gasteiger partial charge >= 0.3 is 5.97 Å². The van der Waals surface area contributed by atoms with Crippen LogP contribution >= 0.6 is 0 Å². The first-order valence-electron chi connectivity index (χ1n) is 9.54. The number of amides is 1. The number of carbonyl (C=O) groups is 2. The van der Waals surface area contributed by atoms with E-state index in [0.29, 0.717) is 6.42 Å². The van der Waals surface area contributed by atoms with Gasteiger partial charge in [-0.1, -0.05) is 63.3 Å². The first-order valence-corrected chi connectivity index (χ1v) is 9.54. The second-order valence-electron chi connectivity index (χ2n) is 6.04. The molecule has 1 amide bonds. The van der Waals surface area contributed by atoms with E-state index in [2.05, 4.69) is 37.0 Å². The maximum absolute atomic E-state index is 10.5. The lowest BCUT2D eigenvalue weighted by Crippen LogP contribution is -2.10. The zero-order valence-corrected chi connectivity index (χ0v) is 15.9. The summed E-state index contributed by atoms with van der Waals surface area (Å²) in [6.07, 6.45) is 23.0. The van der Waals surface area contributed by atoms with Crippen molar-refractivity contribution in [3.63, 3.8) is 0 Å². The molecule has 0 heterocycles. The molecule has 5 N–H and O–H groups in total. The second kappa shape index (κ2) is 22.4. The van der Waals surface area contributed by atoms with Gasteiger partial charge in [-0.2, -0.15) is 0 Å². The van der Waals surface area contributed by atoms with Gasteiger partial charge < -0.3 is 16.6 Å². The molecule has 5 heteroatoms. The predicted molar refractivity (Wildman–Crippen MR) is 105 cm³/mol. The van der Waals surface area contributed by atoms with Gasteiger partial charge in [0.05, 0.1) is 6.54 Å². The fourth-order valence-electron chi connectivity index (χ4n) is 2.11. The molecule has 0 radical (unpaired) electrons. The summed E-state index contributed by atoms with van der Waals surface area (Å²) >= 11 is 0. The minimum Gasteiger partial charge on any atom is -0.480 e. The summed E-state index contributed by atoms with van der Waals surface area (Å²) in [7, 11) is 0. The van der Waals surface area contributed by atoms with Crippen molar-refractivity contribution in [2.24, 2.45) is 11.5 Å². The van der Waals surface area contributed by atoms with Crippen LogP contribution in [0.25, 0.3) is 0 Å². The van der Waals surface area contributed by atoms with Crippen LogP contribution in [0.3, 0.4) is 0 Å². The van der Waals surface area contributed by atoms with Crippen LogP contribution in [-0.4, -0.2) is 23.5 Å². The van der Waals surface area contributed by atoms with Crippen LogP contribution in [-0.2, 0) is 9.59 Å². The summed E-state index contributed by atoms with van der Waals surface area (Å²) < 4.78 is 0. The molecule has 0 saturated heterocycles. The maximum atomic E-state index is 10.5. The lowest BCUT2D eigenvalue weighted by Gasteiger charge is -1.98. The molecular formula is C20H38N2O3. The molecule has 0 rings (SSSR count). The molecule has 0 aromatic heterocycles. The van der Waals surface area contributed by atoms with Crippen molar-refractivity contribution in [2.75, 3.05) is 6.54 Å². The molecule has 25 heavy (non-hydrogen) atoms. The van der Waals surface area contributed by atoms with E-state index in [1.165, 1.54) is 51.4 Å². The molecule has 5 nitrogen and oxygen atoms in total. The van der Waals surface area contributed by atoms with Crippen LogP contribution in [0.1, 0.15) is 84.0 Å². The molecule has 0 aromatic rings. The molecule has 0 aliphatic carbocycles.